The van der Waals surface area contributed by atoms with Crippen molar-refractivity contribution in [2.75, 3.05) is 0 Å². The molecule has 0 spiro atoms. The predicted molar refractivity (Wildman–Crippen MR) is 62.1 cm³/mol. The van der Waals surface area contributed by atoms with E-state index >= 15 is 0 Å². The van der Waals surface area contributed by atoms with Crippen LogP contribution in [0, 0.1) is 0 Å². The van der Waals surface area contributed by atoms with Gasteiger partial charge in [-0.05, 0) is 29.8 Å². The molecule has 1 aromatic carbocycles. The smallest absolute Gasteiger partial charge is 0.335 e. The van der Waals surface area contributed by atoms with Gasteiger partial charge in [0.25, 0.3) is 0 Å². The monoisotopic (exact) mass is 229 g/mol. The molecular weight excluding hydrogens is 218 g/mol. The van der Waals surface area contributed by atoms with Crippen molar-refractivity contribution in [3.05, 3.63) is 59.4 Å². The standard InChI is InChI=1S/C13H11NO3/c15-12-8-10(13(16)17)5-4-9(12)7-11-3-1-2-6-14-11/h1-6,8,15H,7H2,(H,16,17). The number of aromatic hydroxyl groups is 1. The maximum absolute atomic E-state index is 10.7. The first-order valence-corrected chi connectivity index (χ1v) is 5.12. The molecule has 0 atom stereocenters. The number of carbonyl (C=O) groups is 1. The zero-order valence-corrected chi connectivity index (χ0v) is 9.00. The Morgan fingerprint density at radius 1 is 1.24 bits per heavy atom. The second-order valence-corrected chi connectivity index (χ2v) is 3.65. The van der Waals surface area contributed by atoms with Crippen molar-refractivity contribution in [3.8, 4) is 5.75 Å². The molecule has 0 saturated carbocycles. The van der Waals surface area contributed by atoms with Crippen LogP contribution >= 0.6 is 0 Å². The number of hydrogen-bond donors (Lipinski definition) is 2. The maximum Gasteiger partial charge on any atom is 0.335 e. The summed E-state index contributed by atoms with van der Waals surface area (Å²) in [7, 11) is 0. The predicted octanol–water partition coefficient (Wildman–Crippen LogP) is 2.08. The van der Waals surface area contributed by atoms with E-state index in [0.717, 1.165) is 5.69 Å². The Labute approximate surface area is 98.2 Å². The summed E-state index contributed by atoms with van der Waals surface area (Å²) in [5, 5.41) is 18.5. The van der Waals surface area contributed by atoms with Crippen LogP contribution in [0.3, 0.4) is 0 Å². The third-order valence-corrected chi connectivity index (χ3v) is 2.43. The van der Waals surface area contributed by atoms with Gasteiger partial charge in [0.2, 0.25) is 0 Å². The van der Waals surface area contributed by atoms with E-state index in [0.29, 0.717) is 12.0 Å². The number of carboxylic acids is 1. The molecule has 4 nitrogen and oxygen atoms in total. The quantitative estimate of drug-likeness (QED) is 0.845. The van der Waals surface area contributed by atoms with Crippen LogP contribution in [-0.2, 0) is 6.42 Å². The van der Waals surface area contributed by atoms with Crippen LogP contribution in [0.15, 0.2) is 42.6 Å². The Bertz CT molecular complexity index is 538. The molecule has 1 aromatic heterocycles. The van der Waals surface area contributed by atoms with Crippen molar-refractivity contribution in [2.45, 2.75) is 6.42 Å². The van der Waals surface area contributed by atoms with Crippen LogP contribution in [0.25, 0.3) is 0 Å². The fraction of sp³-hybridized carbons (Fsp3) is 0.0769. The highest BCUT2D eigenvalue weighted by Crippen LogP contribution is 2.21. The number of pyridine rings is 1. The molecular formula is C13H11NO3. The molecule has 0 aliphatic rings. The Balaban J connectivity index is 2.26. The summed E-state index contributed by atoms with van der Waals surface area (Å²) in [4.78, 5) is 14.8. The molecule has 0 bridgehead atoms. The normalized spacial score (nSPS) is 10.1. The Morgan fingerprint density at radius 3 is 2.65 bits per heavy atom. The molecule has 1 heterocycles. The average molecular weight is 229 g/mol. The largest absolute Gasteiger partial charge is 0.508 e. The topological polar surface area (TPSA) is 70.4 Å². The average Bonchev–Trinajstić information content (AvgIpc) is 2.33. The number of aromatic carboxylic acids is 1. The second-order valence-electron chi connectivity index (χ2n) is 3.65. The van der Waals surface area contributed by atoms with E-state index < -0.39 is 5.97 Å². The van der Waals surface area contributed by atoms with Gasteiger partial charge in [0.1, 0.15) is 5.75 Å². The first-order chi connectivity index (χ1) is 8.16. The second kappa shape index (κ2) is 4.65. The van der Waals surface area contributed by atoms with Crippen molar-refractivity contribution in [1.29, 1.82) is 0 Å². The van der Waals surface area contributed by atoms with E-state index in [4.69, 9.17) is 5.11 Å². The van der Waals surface area contributed by atoms with Gasteiger partial charge in [0.15, 0.2) is 0 Å². The summed E-state index contributed by atoms with van der Waals surface area (Å²) < 4.78 is 0. The summed E-state index contributed by atoms with van der Waals surface area (Å²) in [6, 6.07) is 9.86. The van der Waals surface area contributed by atoms with Crippen molar-refractivity contribution >= 4 is 5.97 Å². The lowest BCUT2D eigenvalue weighted by Gasteiger charge is -2.05. The number of phenolic OH excluding ortho intramolecular Hbond substituents is 1. The molecule has 0 saturated heterocycles. The molecule has 0 aliphatic carbocycles. The van der Waals surface area contributed by atoms with E-state index in [9.17, 15) is 9.90 Å². The van der Waals surface area contributed by atoms with E-state index in [1.165, 1.54) is 12.1 Å². The minimum absolute atomic E-state index is 0.0180. The van der Waals surface area contributed by atoms with Gasteiger partial charge in [0.05, 0.1) is 5.56 Å². The minimum atomic E-state index is -1.05. The molecule has 0 unspecified atom stereocenters. The van der Waals surface area contributed by atoms with Crippen LogP contribution in [0.2, 0.25) is 0 Å². The number of hydrogen-bond acceptors (Lipinski definition) is 3. The lowest BCUT2D eigenvalue weighted by molar-refractivity contribution is 0.0696. The van der Waals surface area contributed by atoms with E-state index in [2.05, 4.69) is 4.98 Å². The molecule has 17 heavy (non-hydrogen) atoms. The molecule has 0 amide bonds. The molecule has 4 heteroatoms. The Kier molecular flexibility index (Phi) is 3.05. The zero-order chi connectivity index (χ0) is 12.3. The molecule has 86 valence electrons. The van der Waals surface area contributed by atoms with E-state index in [-0.39, 0.29) is 11.3 Å². The van der Waals surface area contributed by atoms with Crippen LogP contribution in [0.1, 0.15) is 21.6 Å². The van der Waals surface area contributed by atoms with Gasteiger partial charge >= 0.3 is 5.97 Å². The Hall–Kier alpha value is -2.36. The van der Waals surface area contributed by atoms with Gasteiger partial charge in [-0.25, -0.2) is 4.79 Å². The van der Waals surface area contributed by atoms with Crippen molar-refractivity contribution in [3.63, 3.8) is 0 Å². The van der Waals surface area contributed by atoms with Gasteiger partial charge in [-0.15, -0.1) is 0 Å². The fourth-order valence-electron chi connectivity index (χ4n) is 1.54. The van der Waals surface area contributed by atoms with Crippen molar-refractivity contribution < 1.29 is 15.0 Å². The van der Waals surface area contributed by atoms with Gasteiger partial charge in [0, 0.05) is 18.3 Å². The summed E-state index contributed by atoms with van der Waals surface area (Å²) >= 11 is 0. The molecule has 2 rings (SSSR count). The number of carboxylic acid groups (broad SMARTS) is 1. The number of aromatic nitrogens is 1. The summed E-state index contributed by atoms with van der Waals surface area (Å²) in [6.07, 6.45) is 2.16. The molecule has 0 radical (unpaired) electrons. The van der Waals surface area contributed by atoms with Gasteiger partial charge in [-0.2, -0.15) is 0 Å². The third kappa shape index (κ3) is 2.60. The number of benzene rings is 1. The Morgan fingerprint density at radius 2 is 2.06 bits per heavy atom. The van der Waals surface area contributed by atoms with Gasteiger partial charge < -0.3 is 10.2 Å². The SMILES string of the molecule is O=C(O)c1ccc(Cc2ccccn2)c(O)c1. The highest BCUT2D eigenvalue weighted by molar-refractivity contribution is 5.88. The first kappa shape index (κ1) is 11.1. The molecule has 0 aliphatic heterocycles. The molecule has 2 aromatic rings. The maximum atomic E-state index is 10.7. The van der Waals surface area contributed by atoms with E-state index in [1.807, 2.05) is 18.2 Å². The summed E-state index contributed by atoms with van der Waals surface area (Å²) in [5.41, 5.74) is 1.56. The first-order valence-electron chi connectivity index (χ1n) is 5.12. The molecule has 2 N–H and O–H groups in total. The fourth-order valence-corrected chi connectivity index (χ4v) is 1.54. The lowest BCUT2D eigenvalue weighted by Crippen LogP contribution is -1.98. The van der Waals surface area contributed by atoms with Crippen molar-refractivity contribution in [1.82, 2.24) is 4.98 Å². The molecule has 0 fully saturated rings. The number of phenols is 1. The number of rotatable bonds is 3. The van der Waals surface area contributed by atoms with Gasteiger partial charge in [-0.1, -0.05) is 12.1 Å². The summed E-state index contributed by atoms with van der Waals surface area (Å²) in [6.45, 7) is 0. The zero-order valence-electron chi connectivity index (χ0n) is 9.00. The van der Waals surface area contributed by atoms with Crippen LogP contribution < -0.4 is 0 Å². The van der Waals surface area contributed by atoms with Crippen molar-refractivity contribution in [2.24, 2.45) is 0 Å². The minimum Gasteiger partial charge on any atom is -0.508 e. The third-order valence-electron chi connectivity index (χ3n) is 2.43. The summed E-state index contributed by atoms with van der Waals surface area (Å²) in [5.74, 6) is -1.07. The highest BCUT2D eigenvalue weighted by atomic mass is 16.4. The number of nitrogens with zero attached hydrogens (tertiary/aromatic N) is 1. The lowest BCUT2D eigenvalue weighted by atomic mass is 10.1. The van der Waals surface area contributed by atoms with E-state index in [1.54, 1.807) is 12.3 Å². The van der Waals surface area contributed by atoms with Crippen LogP contribution in [0.5, 0.6) is 5.75 Å². The highest BCUT2D eigenvalue weighted by Gasteiger charge is 2.08. The van der Waals surface area contributed by atoms with Crippen LogP contribution in [-0.4, -0.2) is 21.2 Å². The van der Waals surface area contributed by atoms with Crippen LogP contribution in [0.4, 0.5) is 0 Å². The van der Waals surface area contributed by atoms with Gasteiger partial charge in [-0.3, -0.25) is 4.98 Å².